The molecule has 108 valence electrons. The van der Waals surface area contributed by atoms with Crippen LogP contribution in [0.2, 0.25) is 0 Å². The quantitative estimate of drug-likeness (QED) is 0.786. The number of hydrogen-bond acceptors (Lipinski definition) is 2. The third kappa shape index (κ3) is 2.78. The van der Waals surface area contributed by atoms with E-state index in [0.29, 0.717) is 24.2 Å². The second-order valence-electron chi connectivity index (χ2n) is 4.78. The minimum atomic E-state index is -0.521. The van der Waals surface area contributed by atoms with Crippen LogP contribution in [-0.2, 0) is 6.54 Å². The summed E-state index contributed by atoms with van der Waals surface area (Å²) in [6.45, 7) is 1.24. The summed E-state index contributed by atoms with van der Waals surface area (Å²) >= 11 is 3.25. The van der Waals surface area contributed by atoms with Crippen LogP contribution >= 0.6 is 15.9 Å². The number of halogens is 2. The third-order valence-corrected chi connectivity index (χ3v) is 4.08. The predicted octanol–water partition coefficient (Wildman–Crippen LogP) is 3.62. The van der Waals surface area contributed by atoms with Crippen molar-refractivity contribution >= 4 is 21.8 Å². The molecule has 0 fully saturated rings. The molecule has 1 amide bonds. The lowest BCUT2D eigenvalue weighted by Crippen LogP contribution is -2.33. The summed E-state index contributed by atoms with van der Waals surface area (Å²) in [6.07, 6.45) is 0. The number of nitrogens with zero attached hydrogens (tertiary/aromatic N) is 1. The molecule has 0 aromatic heterocycles. The van der Waals surface area contributed by atoms with Gasteiger partial charge in [-0.25, -0.2) is 4.39 Å². The molecule has 21 heavy (non-hydrogen) atoms. The van der Waals surface area contributed by atoms with Crippen molar-refractivity contribution in [1.29, 1.82) is 0 Å². The lowest BCUT2D eigenvalue weighted by molar-refractivity contribution is 0.0727. The van der Waals surface area contributed by atoms with Crippen molar-refractivity contribution in [2.75, 3.05) is 13.2 Å². The molecule has 1 aliphatic rings. The number of para-hydroxylation sites is 1. The first-order chi connectivity index (χ1) is 10.2. The second-order valence-corrected chi connectivity index (χ2v) is 5.63. The minimum Gasteiger partial charge on any atom is -0.491 e. The fraction of sp³-hybridized carbons (Fsp3) is 0.188. The standard InChI is InChI=1S/C16H13BrFNO2/c17-12-5-3-6-13(18)15(12)16(20)19-8-9-21-14-7-2-1-4-11(14)10-19/h1-7H,8-10H2. The normalized spacial score (nSPS) is 14.1. The van der Waals surface area contributed by atoms with Gasteiger partial charge in [-0.05, 0) is 34.1 Å². The van der Waals surface area contributed by atoms with Crippen LogP contribution in [0.3, 0.4) is 0 Å². The average molecular weight is 350 g/mol. The summed E-state index contributed by atoms with van der Waals surface area (Å²) in [4.78, 5) is 14.2. The van der Waals surface area contributed by atoms with Gasteiger partial charge in [0.2, 0.25) is 0 Å². The van der Waals surface area contributed by atoms with Gasteiger partial charge in [-0.1, -0.05) is 24.3 Å². The van der Waals surface area contributed by atoms with E-state index in [4.69, 9.17) is 4.74 Å². The number of rotatable bonds is 1. The van der Waals surface area contributed by atoms with E-state index in [9.17, 15) is 9.18 Å². The van der Waals surface area contributed by atoms with Crippen molar-refractivity contribution in [1.82, 2.24) is 4.90 Å². The van der Waals surface area contributed by atoms with E-state index in [-0.39, 0.29) is 11.5 Å². The minimum absolute atomic E-state index is 0.0666. The van der Waals surface area contributed by atoms with Gasteiger partial charge in [0, 0.05) is 16.6 Å². The Labute approximate surface area is 130 Å². The Hall–Kier alpha value is -1.88. The maximum absolute atomic E-state index is 13.9. The fourth-order valence-corrected chi connectivity index (χ4v) is 2.87. The molecule has 2 aromatic carbocycles. The number of amides is 1. The molecule has 0 bridgehead atoms. The van der Waals surface area contributed by atoms with E-state index in [1.54, 1.807) is 17.0 Å². The van der Waals surface area contributed by atoms with Crippen LogP contribution in [0.5, 0.6) is 5.75 Å². The molecular formula is C16H13BrFNO2. The number of fused-ring (bicyclic) bond motifs is 1. The summed E-state index contributed by atoms with van der Waals surface area (Å²) in [7, 11) is 0. The summed E-state index contributed by atoms with van der Waals surface area (Å²) < 4.78 is 20.0. The summed E-state index contributed by atoms with van der Waals surface area (Å²) in [6, 6.07) is 12.1. The molecule has 5 heteroatoms. The van der Waals surface area contributed by atoms with E-state index < -0.39 is 5.82 Å². The van der Waals surface area contributed by atoms with Gasteiger partial charge >= 0.3 is 0 Å². The van der Waals surface area contributed by atoms with Crippen LogP contribution in [0.25, 0.3) is 0 Å². The lowest BCUT2D eigenvalue weighted by atomic mass is 10.1. The number of benzene rings is 2. The number of ether oxygens (including phenoxy) is 1. The van der Waals surface area contributed by atoms with Gasteiger partial charge in [-0.2, -0.15) is 0 Å². The zero-order valence-electron chi connectivity index (χ0n) is 11.2. The zero-order valence-corrected chi connectivity index (χ0v) is 12.8. The molecule has 1 aliphatic heterocycles. The van der Waals surface area contributed by atoms with Crippen LogP contribution < -0.4 is 4.74 Å². The van der Waals surface area contributed by atoms with E-state index in [2.05, 4.69) is 15.9 Å². The summed E-state index contributed by atoms with van der Waals surface area (Å²) in [5.74, 6) is -0.0755. The zero-order chi connectivity index (χ0) is 14.8. The molecule has 0 unspecified atom stereocenters. The molecular weight excluding hydrogens is 337 g/mol. The SMILES string of the molecule is O=C(c1c(F)cccc1Br)N1CCOc2ccccc2C1. The fourth-order valence-electron chi connectivity index (χ4n) is 2.36. The molecule has 0 N–H and O–H groups in total. The summed E-state index contributed by atoms with van der Waals surface area (Å²) in [5.41, 5.74) is 0.993. The average Bonchev–Trinajstić information content (AvgIpc) is 2.69. The first-order valence-electron chi connectivity index (χ1n) is 6.61. The molecule has 0 saturated heterocycles. The highest BCUT2D eigenvalue weighted by molar-refractivity contribution is 9.10. The first-order valence-corrected chi connectivity index (χ1v) is 7.40. The van der Waals surface area contributed by atoms with Gasteiger partial charge in [0.1, 0.15) is 18.2 Å². The Morgan fingerprint density at radius 1 is 1.19 bits per heavy atom. The van der Waals surface area contributed by atoms with E-state index in [1.807, 2.05) is 24.3 Å². The Balaban J connectivity index is 1.92. The van der Waals surface area contributed by atoms with Crippen molar-refractivity contribution in [3.8, 4) is 5.75 Å². The Bertz CT molecular complexity index is 669. The highest BCUT2D eigenvalue weighted by Gasteiger charge is 2.24. The third-order valence-electron chi connectivity index (χ3n) is 3.42. The monoisotopic (exact) mass is 349 g/mol. The Kier molecular flexibility index (Phi) is 3.92. The maximum Gasteiger partial charge on any atom is 0.258 e. The van der Waals surface area contributed by atoms with Gasteiger partial charge < -0.3 is 9.64 Å². The van der Waals surface area contributed by atoms with E-state index >= 15 is 0 Å². The van der Waals surface area contributed by atoms with E-state index in [1.165, 1.54) is 6.07 Å². The number of carbonyl (C=O) groups excluding carboxylic acids is 1. The van der Waals surface area contributed by atoms with Crippen molar-refractivity contribution in [3.05, 3.63) is 63.9 Å². The predicted molar refractivity (Wildman–Crippen MR) is 80.8 cm³/mol. The van der Waals surface area contributed by atoms with Gasteiger partial charge in [-0.3, -0.25) is 4.79 Å². The van der Waals surface area contributed by atoms with Crippen LogP contribution in [0.4, 0.5) is 4.39 Å². The van der Waals surface area contributed by atoms with Gasteiger partial charge in [0.15, 0.2) is 0 Å². The lowest BCUT2D eigenvalue weighted by Gasteiger charge is -2.20. The second kappa shape index (κ2) is 5.85. The van der Waals surface area contributed by atoms with Crippen molar-refractivity contribution in [2.24, 2.45) is 0 Å². The molecule has 2 aromatic rings. The van der Waals surface area contributed by atoms with Crippen LogP contribution in [0, 0.1) is 5.82 Å². The maximum atomic E-state index is 13.9. The molecule has 0 aliphatic carbocycles. The van der Waals surface area contributed by atoms with E-state index in [0.717, 1.165) is 11.3 Å². The highest BCUT2D eigenvalue weighted by atomic mass is 79.9. The molecule has 0 saturated carbocycles. The highest BCUT2D eigenvalue weighted by Crippen LogP contribution is 2.26. The van der Waals surface area contributed by atoms with Gasteiger partial charge in [0.25, 0.3) is 5.91 Å². The molecule has 0 atom stereocenters. The molecule has 3 rings (SSSR count). The van der Waals surface area contributed by atoms with Crippen molar-refractivity contribution in [3.63, 3.8) is 0 Å². The Morgan fingerprint density at radius 3 is 2.81 bits per heavy atom. The largest absolute Gasteiger partial charge is 0.491 e. The first kappa shape index (κ1) is 14.1. The molecule has 3 nitrogen and oxygen atoms in total. The molecule has 0 spiro atoms. The van der Waals surface area contributed by atoms with Crippen LogP contribution in [0.15, 0.2) is 46.9 Å². The molecule has 0 radical (unpaired) electrons. The molecule has 1 heterocycles. The number of hydrogen-bond donors (Lipinski definition) is 0. The van der Waals surface area contributed by atoms with Crippen LogP contribution in [0.1, 0.15) is 15.9 Å². The van der Waals surface area contributed by atoms with Gasteiger partial charge in [0.05, 0.1) is 12.1 Å². The van der Waals surface area contributed by atoms with Crippen molar-refractivity contribution in [2.45, 2.75) is 6.54 Å². The topological polar surface area (TPSA) is 29.5 Å². The number of carbonyl (C=O) groups is 1. The van der Waals surface area contributed by atoms with Gasteiger partial charge in [-0.15, -0.1) is 0 Å². The van der Waals surface area contributed by atoms with Crippen molar-refractivity contribution < 1.29 is 13.9 Å². The van der Waals surface area contributed by atoms with Crippen LogP contribution in [-0.4, -0.2) is 24.0 Å². The summed E-state index contributed by atoms with van der Waals surface area (Å²) in [5, 5.41) is 0. The Morgan fingerprint density at radius 2 is 2.00 bits per heavy atom. The smallest absolute Gasteiger partial charge is 0.258 e.